The number of rotatable bonds is 4. The van der Waals surface area contributed by atoms with Crippen LogP contribution in [-0.4, -0.2) is 24.0 Å². The molecule has 0 saturated heterocycles. The molecule has 30 heavy (non-hydrogen) atoms. The molecule has 0 aliphatic carbocycles. The quantitative estimate of drug-likeness (QED) is 0.489. The van der Waals surface area contributed by atoms with Crippen molar-refractivity contribution >= 4 is 34.8 Å². The van der Waals surface area contributed by atoms with Crippen LogP contribution in [0, 0.1) is 6.92 Å². The molecule has 2 aliphatic rings. The van der Waals surface area contributed by atoms with E-state index in [4.69, 9.17) is 21.1 Å². The van der Waals surface area contributed by atoms with Crippen LogP contribution in [0.1, 0.15) is 31.9 Å². The first-order valence-corrected chi connectivity index (χ1v) is 11.1. The van der Waals surface area contributed by atoms with Crippen LogP contribution in [0.15, 0.2) is 53.6 Å². The molecule has 3 aromatic rings. The van der Waals surface area contributed by atoms with E-state index in [9.17, 15) is 4.79 Å². The van der Waals surface area contributed by atoms with E-state index in [-0.39, 0.29) is 5.78 Å². The lowest BCUT2D eigenvalue weighted by atomic mass is 10.00. The highest BCUT2D eigenvalue weighted by molar-refractivity contribution is 7.10. The van der Waals surface area contributed by atoms with Gasteiger partial charge in [-0.2, -0.15) is 0 Å². The summed E-state index contributed by atoms with van der Waals surface area (Å²) < 4.78 is 12.0. The summed E-state index contributed by atoms with van der Waals surface area (Å²) >= 11 is 7.55. The van der Waals surface area contributed by atoms with E-state index in [1.807, 2.05) is 48.7 Å². The Bertz CT molecular complexity index is 1140. The Morgan fingerprint density at radius 2 is 2.03 bits per heavy atom. The van der Waals surface area contributed by atoms with Crippen molar-refractivity contribution in [1.29, 1.82) is 0 Å². The summed E-state index contributed by atoms with van der Waals surface area (Å²) in [6, 6.07) is 13.8. The number of ether oxygens (including phenoxy) is 2. The number of carbonyl (C=O) groups is 1. The first kappa shape index (κ1) is 19.4. The Morgan fingerprint density at radius 1 is 1.20 bits per heavy atom. The van der Waals surface area contributed by atoms with E-state index in [2.05, 4.69) is 17.0 Å². The van der Waals surface area contributed by atoms with Gasteiger partial charge in [0.15, 0.2) is 5.76 Å². The number of hydrogen-bond donors (Lipinski definition) is 0. The third-order valence-electron chi connectivity index (χ3n) is 5.45. The lowest BCUT2D eigenvalue weighted by molar-refractivity contribution is 0.0954. The van der Waals surface area contributed by atoms with Crippen molar-refractivity contribution in [2.45, 2.75) is 19.9 Å². The molecule has 0 amide bonds. The van der Waals surface area contributed by atoms with Gasteiger partial charge in [0.05, 0.1) is 5.56 Å². The number of thiophene rings is 1. The van der Waals surface area contributed by atoms with Crippen LogP contribution in [0.4, 0.5) is 0 Å². The zero-order chi connectivity index (χ0) is 20.7. The predicted molar refractivity (Wildman–Crippen MR) is 119 cm³/mol. The maximum absolute atomic E-state index is 12.9. The third kappa shape index (κ3) is 3.65. The fourth-order valence-electron chi connectivity index (χ4n) is 3.88. The van der Waals surface area contributed by atoms with Crippen LogP contribution in [0.2, 0.25) is 5.02 Å². The van der Waals surface area contributed by atoms with E-state index in [1.54, 1.807) is 11.3 Å². The lowest BCUT2D eigenvalue weighted by Gasteiger charge is -2.30. The molecule has 0 bridgehead atoms. The average molecular weight is 438 g/mol. The molecule has 0 saturated carbocycles. The van der Waals surface area contributed by atoms with E-state index in [0.717, 1.165) is 46.3 Å². The van der Waals surface area contributed by atoms with Crippen molar-refractivity contribution in [3.63, 3.8) is 0 Å². The molecule has 3 heterocycles. The molecule has 5 rings (SSSR count). The highest BCUT2D eigenvalue weighted by Crippen LogP contribution is 2.43. The van der Waals surface area contributed by atoms with Crippen LogP contribution in [0.5, 0.6) is 11.5 Å². The highest BCUT2D eigenvalue weighted by atomic mass is 35.5. The standard InChI is InChI=1S/C24H20ClNO3S/c1-15-23-17(13-26(14-28-23)9-8-16-4-6-18(25)7-5-16)11-20-22(27)21(29-24(15)20)12-19-3-2-10-30-19/h2-7,10-12H,8-9,13-14H2,1H3/b21-12-. The summed E-state index contributed by atoms with van der Waals surface area (Å²) in [5.74, 6) is 1.76. The molecule has 6 heteroatoms. The summed E-state index contributed by atoms with van der Waals surface area (Å²) in [6.07, 6.45) is 2.72. The summed E-state index contributed by atoms with van der Waals surface area (Å²) in [5, 5.41) is 2.73. The molecule has 4 nitrogen and oxygen atoms in total. The van der Waals surface area contributed by atoms with Crippen molar-refractivity contribution in [2.75, 3.05) is 13.3 Å². The molecular weight excluding hydrogens is 418 g/mol. The van der Waals surface area contributed by atoms with Crippen molar-refractivity contribution in [1.82, 2.24) is 4.90 Å². The topological polar surface area (TPSA) is 38.8 Å². The third-order valence-corrected chi connectivity index (χ3v) is 6.52. The number of Topliss-reactive ketones (excluding diaryl/α,β-unsaturated/α-hetero) is 1. The number of fused-ring (bicyclic) bond motifs is 2. The molecule has 0 fully saturated rings. The minimum Gasteiger partial charge on any atom is -0.477 e. The number of ketones is 1. The molecule has 0 radical (unpaired) electrons. The summed E-state index contributed by atoms with van der Waals surface area (Å²) in [7, 11) is 0. The van der Waals surface area contributed by atoms with Crippen molar-refractivity contribution < 1.29 is 14.3 Å². The average Bonchev–Trinajstić information content (AvgIpc) is 3.37. The van der Waals surface area contributed by atoms with Gasteiger partial charge in [-0.25, -0.2) is 0 Å². The van der Waals surface area contributed by atoms with Crippen LogP contribution >= 0.6 is 22.9 Å². The monoisotopic (exact) mass is 437 g/mol. The molecule has 2 aromatic carbocycles. The smallest absolute Gasteiger partial charge is 0.232 e. The molecule has 0 N–H and O–H groups in total. The molecule has 2 aliphatic heterocycles. The van der Waals surface area contributed by atoms with E-state index < -0.39 is 0 Å². The number of benzene rings is 2. The van der Waals surface area contributed by atoms with Gasteiger partial charge >= 0.3 is 0 Å². The summed E-state index contributed by atoms with van der Waals surface area (Å²) in [5.41, 5.74) is 3.78. The SMILES string of the molecule is Cc1c2c(cc3c1O/C(=C\c1cccs1)C3=O)CN(CCc1ccc(Cl)cc1)CO2. The lowest BCUT2D eigenvalue weighted by Crippen LogP contribution is -2.34. The van der Waals surface area contributed by atoms with Gasteiger partial charge in [-0.15, -0.1) is 11.3 Å². The van der Waals surface area contributed by atoms with E-state index in [0.29, 0.717) is 23.8 Å². The molecule has 0 atom stereocenters. The predicted octanol–water partition coefficient (Wildman–Crippen LogP) is 5.72. The van der Waals surface area contributed by atoms with Crippen LogP contribution in [0.25, 0.3) is 6.08 Å². The first-order chi connectivity index (χ1) is 14.6. The van der Waals surface area contributed by atoms with Gasteiger partial charge in [0.1, 0.15) is 18.2 Å². The Labute approximate surface area is 184 Å². The Hall–Kier alpha value is -2.60. The maximum atomic E-state index is 12.9. The minimum absolute atomic E-state index is 0.0670. The number of halogens is 1. The van der Waals surface area contributed by atoms with Crippen molar-refractivity contribution in [2.24, 2.45) is 0 Å². The first-order valence-electron chi connectivity index (χ1n) is 9.82. The fourth-order valence-corrected chi connectivity index (χ4v) is 4.65. The van der Waals surface area contributed by atoms with Crippen LogP contribution in [0.3, 0.4) is 0 Å². The highest BCUT2D eigenvalue weighted by Gasteiger charge is 2.33. The van der Waals surface area contributed by atoms with Crippen molar-refractivity contribution in [3.05, 3.63) is 85.8 Å². The second-order valence-electron chi connectivity index (χ2n) is 7.52. The molecule has 152 valence electrons. The maximum Gasteiger partial charge on any atom is 0.232 e. The van der Waals surface area contributed by atoms with Gasteiger partial charge in [-0.05, 0) is 48.6 Å². The number of carbonyl (C=O) groups excluding carboxylic acids is 1. The van der Waals surface area contributed by atoms with Crippen molar-refractivity contribution in [3.8, 4) is 11.5 Å². The zero-order valence-corrected chi connectivity index (χ0v) is 18.1. The van der Waals surface area contributed by atoms with E-state index in [1.165, 1.54) is 5.56 Å². The second-order valence-corrected chi connectivity index (χ2v) is 8.94. The largest absolute Gasteiger partial charge is 0.477 e. The zero-order valence-electron chi connectivity index (χ0n) is 16.5. The summed E-state index contributed by atoms with van der Waals surface area (Å²) in [6.45, 7) is 4.09. The van der Waals surface area contributed by atoms with Gasteiger partial charge in [-0.1, -0.05) is 29.8 Å². The number of hydrogen-bond acceptors (Lipinski definition) is 5. The van der Waals surface area contributed by atoms with Crippen LogP contribution < -0.4 is 9.47 Å². The van der Waals surface area contributed by atoms with E-state index >= 15 is 0 Å². The van der Waals surface area contributed by atoms with Gasteiger partial charge < -0.3 is 9.47 Å². The summed E-state index contributed by atoms with van der Waals surface area (Å²) in [4.78, 5) is 16.2. The minimum atomic E-state index is -0.0670. The molecule has 1 aromatic heterocycles. The van der Waals surface area contributed by atoms with Gasteiger partial charge in [-0.3, -0.25) is 9.69 Å². The molecule has 0 spiro atoms. The number of allylic oxidation sites excluding steroid dienone is 1. The van der Waals surface area contributed by atoms with Crippen LogP contribution in [-0.2, 0) is 13.0 Å². The van der Waals surface area contributed by atoms with Gasteiger partial charge in [0.2, 0.25) is 5.78 Å². The molecule has 0 unspecified atom stereocenters. The Morgan fingerprint density at radius 3 is 2.80 bits per heavy atom. The second kappa shape index (κ2) is 7.91. The fraction of sp³-hybridized carbons (Fsp3) is 0.208. The Kier molecular flexibility index (Phi) is 5.11. The normalized spacial score (nSPS) is 16.9. The Balaban J connectivity index is 1.35. The van der Waals surface area contributed by atoms with Gasteiger partial charge in [0.25, 0.3) is 0 Å². The number of nitrogens with zero attached hydrogens (tertiary/aromatic N) is 1. The molecular formula is C24H20ClNO3S. The van der Waals surface area contributed by atoms with Gasteiger partial charge in [0, 0.05) is 40.2 Å².